The van der Waals surface area contributed by atoms with Crippen LogP contribution in [0.3, 0.4) is 0 Å². The Morgan fingerprint density at radius 3 is 2.75 bits per heavy atom. The van der Waals surface area contributed by atoms with E-state index in [1.165, 1.54) is 5.56 Å². The van der Waals surface area contributed by atoms with E-state index in [-0.39, 0.29) is 6.04 Å². The lowest BCUT2D eigenvalue weighted by Gasteiger charge is -2.16. The summed E-state index contributed by atoms with van der Waals surface area (Å²) < 4.78 is 0. The van der Waals surface area contributed by atoms with E-state index in [0.717, 1.165) is 24.8 Å². The third-order valence-corrected chi connectivity index (χ3v) is 3.81. The molecule has 106 valence electrons. The van der Waals surface area contributed by atoms with Gasteiger partial charge >= 0.3 is 0 Å². The van der Waals surface area contributed by atoms with Gasteiger partial charge in [-0.25, -0.2) is 0 Å². The number of rotatable bonds is 6. The first-order chi connectivity index (χ1) is 9.69. The molecule has 2 aromatic rings. The van der Waals surface area contributed by atoms with Crippen molar-refractivity contribution in [3.8, 4) is 0 Å². The summed E-state index contributed by atoms with van der Waals surface area (Å²) in [5.41, 5.74) is 5.10. The van der Waals surface area contributed by atoms with Crippen molar-refractivity contribution in [2.45, 2.75) is 25.3 Å². The SMILES string of the molecule is NNC(CCc1cccnc1)Cc1ccc(Cl)cc1Cl. The van der Waals surface area contributed by atoms with E-state index in [2.05, 4.69) is 16.5 Å². The summed E-state index contributed by atoms with van der Waals surface area (Å²) in [5.74, 6) is 5.63. The summed E-state index contributed by atoms with van der Waals surface area (Å²) in [6, 6.07) is 9.71. The molecule has 2 rings (SSSR count). The molecular formula is C15H17Cl2N3. The lowest BCUT2D eigenvalue weighted by atomic mass is 10.00. The zero-order chi connectivity index (χ0) is 14.4. The van der Waals surface area contributed by atoms with E-state index >= 15 is 0 Å². The van der Waals surface area contributed by atoms with Crippen LogP contribution < -0.4 is 11.3 Å². The van der Waals surface area contributed by atoms with Gasteiger partial charge in [-0.3, -0.25) is 16.3 Å². The van der Waals surface area contributed by atoms with Gasteiger partial charge in [-0.2, -0.15) is 0 Å². The van der Waals surface area contributed by atoms with Gasteiger partial charge in [-0.15, -0.1) is 0 Å². The molecular weight excluding hydrogens is 293 g/mol. The van der Waals surface area contributed by atoms with Crippen molar-refractivity contribution < 1.29 is 0 Å². The van der Waals surface area contributed by atoms with Crippen molar-refractivity contribution >= 4 is 23.2 Å². The highest BCUT2D eigenvalue weighted by atomic mass is 35.5. The van der Waals surface area contributed by atoms with Crippen LogP contribution in [0.5, 0.6) is 0 Å². The highest BCUT2D eigenvalue weighted by molar-refractivity contribution is 6.35. The Balaban J connectivity index is 1.95. The number of nitrogens with one attached hydrogen (secondary N) is 1. The standard InChI is InChI=1S/C15H17Cl2N3/c16-13-5-4-12(15(17)9-13)8-14(20-18)6-3-11-2-1-7-19-10-11/h1-2,4-5,7,9-10,14,20H,3,6,8,18H2. The van der Waals surface area contributed by atoms with E-state index in [4.69, 9.17) is 29.0 Å². The highest BCUT2D eigenvalue weighted by Gasteiger charge is 2.11. The Labute approximate surface area is 129 Å². The first-order valence-corrected chi connectivity index (χ1v) is 7.23. The van der Waals surface area contributed by atoms with Crippen LogP contribution >= 0.6 is 23.2 Å². The fraction of sp³-hybridized carbons (Fsp3) is 0.267. The van der Waals surface area contributed by atoms with Crippen LogP contribution in [-0.4, -0.2) is 11.0 Å². The van der Waals surface area contributed by atoms with Crippen molar-refractivity contribution in [2.75, 3.05) is 0 Å². The fourth-order valence-corrected chi connectivity index (χ4v) is 2.57. The van der Waals surface area contributed by atoms with Crippen molar-refractivity contribution in [1.82, 2.24) is 10.4 Å². The molecule has 20 heavy (non-hydrogen) atoms. The van der Waals surface area contributed by atoms with Crippen LogP contribution in [0.1, 0.15) is 17.5 Å². The van der Waals surface area contributed by atoms with Gasteiger partial charge in [-0.1, -0.05) is 35.3 Å². The molecule has 3 nitrogen and oxygen atoms in total. The topological polar surface area (TPSA) is 50.9 Å². The Morgan fingerprint density at radius 1 is 1.25 bits per heavy atom. The summed E-state index contributed by atoms with van der Waals surface area (Å²) in [6.07, 6.45) is 6.26. The third-order valence-electron chi connectivity index (χ3n) is 3.22. The average molecular weight is 310 g/mol. The lowest BCUT2D eigenvalue weighted by molar-refractivity contribution is 0.491. The predicted molar refractivity (Wildman–Crippen MR) is 83.8 cm³/mol. The lowest BCUT2D eigenvalue weighted by Crippen LogP contribution is -2.37. The van der Waals surface area contributed by atoms with Gasteiger partial charge in [0.25, 0.3) is 0 Å². The van der Waals surface area contributed by atoms with Crippen LogP contribution in [0.15, 0.2) is 42.7 Å². The second-order valence-electron chi connectivity index (χ2n) is 4.70. The monoisotopic (exact) mass is 309 g/mol. The molecule has 1 aromatic carbocycles. The summed E-state index contributed by atoms with van der Waals surface area (Å²) in [6.45, 7) is 0. The number of hydrazine groups is 1. The summed E-state index contributed by atoms with van der Waals surface area (Å²) in [5, 5.41) is 1.32. The number of hydrogen-bond donors (Lipinski definition) is 2. The molecule has 0 spiro atoms. The number of hydrogen-bond acceptors (Lipinski definition) is 3. The molecule has 0 saturated heterocycles. The summed E-state index contributed by atoms with van der Waals surface area (Å²) >= 11 is 12.1. The molecule has 5 heteroatoms. The molecule has 0 fully saturated rings. The van der Waals surface area contributed by atoms with Crippen molar-refractivity contribution in [3.63, 3.8) is 0 Å². The summed E-state index contributed by atoms with van der Waals surface area (Å²) in [7, 11) is 0. The molecule has 0 saturated carbocycles. The van der Waals surface area contributed by atoms with Gasteiger partial charge < -0.3 is 0 Å². The van der Waals surface area contributed by atoms with Crippen LogP contribution in [0.4, 0.5) is 0 Å². The third kappa shape index (κ3) is 4.46. The number of aromatic nitrogens is 1. The van der Waals surface area contributed by atoms with E-state index in [0.29, 0.717) is 10.0 Å². The largest absolute Gasteiger partial charge is 0.271 e. The first kappa shape index (κ1) is 15.3. The molecule has 0 amide bonds. The molecule has 0 aliphatic carbocycles. The smallest absolute Gasteiger partial charge is 0.0453 e. The van der Waals surface area contributed by atoms with E-state index in [9.17, 15) is 0 Å². The normalized spacial score (nSPS) is 12.3. The molecule has 3 N–H and O–H groups in total. The molecule has 0 radical (unpaired) electrons. The van der Waals surface area contributed by atoms with Gasteiger partial charge in [0.1, 0.15) is 0 Å². The number of nitrogens with two attached hydrogens (primary N) is 1. The van der Waals surface area contributed by atoms with Crippen LogP contribution in [0.25, 0.3) is 0 Å². The van der Waals surface area contributed by atoms with Gasteiger partial charge in [0.05, 0.1) is 0 Å². The van der Waals surface area contributed by atoms with Crippen LogP contribution in [0.2, 0.25) is 10.0 Å². The highest BCUT2D eigenvalue weighted by Crippen LogP contribution is 2.22. The van der Waals surface area contributed by atoms with E-state index < -0.39 is 0 Å². The Hall–Kier alpha value is -1.13. The van der Waals surface area contributed by atoms with Crippen LogP contribution in [-0.2, 0) is 12.8 Å². The second kappa shape index (κ2) is 7.60. The maximum absolute atomic E-state index is 6.18. The molecule has 1 aromatic heterocycles. The predicted octanol–water partition coefficient (Wildman–Crippen LogP) is 3.40. The first-order valence-electron chi connectivity index (χ1n) is 6.48. The molecule has 1 heterocycles. The molecule has 0 aliphatic rings. The van der Waals surface area contributed by atoms with Gasteiger partial charge in [-0.05, 0) is 48.6 Å². The number of nitrogens with zero attached hydrogens (tertiary/aromatic N) is 1. The quantitative estimate of drug-likeness (QED) is 0.635. The zero-order valence-electron chi connectivity index (χ0n) is 11.0. The minimum Gasteiger partial charge on any atom is -0.271 e. The Bertz CT molecular complexity index is 546. The fourth-order valence-electron chi connectivity index (χ4n) is 2.08. The average Bonchev–Trinajstić information content (AvgIpc) is 2.46. The van der Waals surface area contributed by atoms with Crippen molar-refractivity contribution in [2.24, 2.45) is 5.84 Å². The number of aryl methyl sites for hydroxylation is 1. The molecule has 1 unspecified atom stereocenters. The number of benzene rings is 1. The molecule has 0 aliphatic heterocycles. The number of pyridine rings is 1. The van der Waals surface area contributed by atoms with Crippen molar-refractivity contribution in [3.05, 3.63) is 63.9 Å². The van der Waals surface area contributed by atoms with Gasteiger partial charge in [0.2, 0.25) is 0 Å². The summed E-state index contributed by atoms with van der Waals surface area (Å²) in [4.78, 5) is 4.11. The van der Waals surface area contributed by atoms with E-state index in [1.54, 1.807) is 12.3 Å². The minimum absolute atomic E-state index is 0.161. The molecule has 0 bridgehead atoms. The maximum atomic E-state index is 6.18. The second-order valence-corrected chi connectivity index (χ2v) is 5.55. The van der Waals surface area contributed by atoms with Gasteiger partial charge in [0.15, 0.2) is 0 Å². The van der Waals surface area contributed by atoms with Crippen LogP contribution in [0, 0.1) is 0 Å². The maximum Gasteiger partial charge on any atom is 0.0453 e. The van der Waals surface area contributed by atoms with Crippen molar-refractivity contribution in [1.29, 1.82) is 0 Å². The molecule has 1 atom stereocenters. The number of halogens is 2. The Kier molecular flexibility index (Phi) is 5.80. The van der Waals surface area contributed by atoms with E-state index in [1.807, 2.05) is 24.4 Å². The van der Waals surface area contributed by atoms with Gasteiger partial charge in [0, 0.05) is 28.5 Å². The minimum atomic E-state index is 0.161. The Morgan fingerprint density at radius 2 is 2.10 bits per heavy atom. The zero-order valence-corrected chi connectivity index (χ0v) is 12.5.